The molecule has 11 aromatic rings. The fourth-order valence-corrected chi connectivity index (χ4v) is 11.3. The molecular formula is C48H30N4S2. The molecule has 1 aliphatic rings. The summed E-state index contributed by atoms with van der Waals surface area (Å²) < 4.78 is 7.18. The lowest BCUT2D eigenvalue weighted by Gasteiger charge is -2.21. The van der Waals surface area contributed by atoms with Crippen LogP contribution >= 0.6 is 22.7 Å². The van der Waals surface area contributed by atoms with Crippen LogP contribution in [0.5, 0.6) is 0 Å². The van der Waals surface area contributed by atoms with E-state index in [2.05, 4.69) is 164 Å². The van der Waals surface area contributed by atoms with Gasteiger partial charge < -0.3 is 0 Å². The Kier molecular flexibility index (Phi) is 6.12. The highest BCUT2D eigenvalue weighted by molar-refractivity contribution is 7.26. The van der Waals surface area contributed by atoms with Crippen molar-refractivity contribution >= 4 is 84.8 Å². The molecule has 0 spiro atoms. The predicted molar refractivity (Wildman–Crippen MR) is 228 cm³/mol. The summed E-state index contributed by atoms with van der Waals surface area (Å²) >= 11 is 3.61. The highest BCUT2D eigenvalue weighted by Crippen LogP contribution is 2.51. The first-order valence-corrected chi connectivity index (χ1v) is 19.9. The van der Waals surface area contributed by atoms with E-state index in [1.165, 1.54) is 73.4 Å². The normalized spacial score (nSPS) is 13.5. The molecular weight excluding hydrogens is 697 g/mol. The van der Waals surface area contributed by atoms with Crippen LogP contribution in [0.2, 0.25) is 0 Å². The number of para-hydroxylation sites is 1. The van der Waals surface area contributed by atoms with Gasteiger partial charge in [0.15, 0.2) is 11.6 Å². The van der Waals surface area contributed by atoms with Crippen molar-refractivity contribution in [2.45, 2.75) is 19.3 Å². The molecule has 0 aliphatic heterocycles. The first-order valence-electron chi connectivity index (χ1n) is 18.3. The maximum Gasteiger partial charge on any atom is 0.238 e. The summed E-state index contributed by atoms with van der Waals surface area (Å²) in [5.74, 6) is 1.95. The minimum atomic E-state index is -0.150. The molecule has 0 fully saturated rings. The van der Waals surface area contributed by atoms with Gasteiger partial charge in [-0.25, -0.2) is 4.98 Å². The third-order valence-corrected chi connectivity index (χ3v) is 13.8. The lowest BCUT2D eigenvalue weighted by Crippen LogP contribution is -2.15. The number of fused-ring (bicyclic) bond motifs is 12. The van der Waals surface area contributed by atoms with E-state index in [-0.39, 0.29) is 5.41 Å². The molecule has 0 bridgehead atoms. The fraction of sp³-hybridized carbons (Fsp3) is 0.0625. The molecule has 0 atom stereocenters. The standard InChI is InChI=1S/C48H30N4S2/c1-48(2)36-20-7-3-13-27(36)34-25-35-28-14-4-8-21-38(28)52(39(35)26-37(34)48)47-50-45(32-18-12-24-42-43(32)31-16-6-10-23-41(31)53-42)49-46(51-47)33-19-11-17-30-29-15-5-9-22-40(29)54-44(30)33/h3-26H,1-2H3. The predicted octanol–water partition coefficient (Wildman–Crippen LogP) is 13.3. The zero-order valence-electron chi connectivity index (χ0n) is 29.5. The average Bonchev–Trinajstić information content (AvgIpc) is 3.94. The molecule has 0 unspecified atom stereocenters. The van der Waals surface area contributed by atoms with Crippen LogP contribution < -0.4 is 0 Å². The number of hydrogen-bond donors (Lipinski definition) is 0. The van der Waals surface area contributed by atoms with Gasteiger partial charge in [-0.15, -0.1) is 22.7 Å². The van der Waals surface area contributed by atoms with Crippen molar-refractivity contribution in [3.63, 3.8) is 0 Å². The number of aromatic nitrogens is 4. The SMILES string of the molecule is CC1(C)c2ccccc2-c2cc3c4ccccc4n(-c4nc(-c5cccc6c5sc5ccccc56)nc(-c5cccc6sc7ccccc7c56)n4)c3cc21. The summed E-state index contributed by atoms with van der Waals surface area (Å²) in [6, 6.07) is 52.6. The molecule has 4 aromatic heterocycles. The molecule has 4 nitrogen and oxygen atoms in total. The number of nitrogens with zero attached hydrogens (tertiary/aromatic N) is 4. The number of thiophene rings is 2. The summed E-state index contributed by atoms with van der Waals surface area (Å²) in [4.78, 5) is 16.3. The Morgan fingerprint density at radius 2 is 1.07 bits per heavy atom. The number of rotatable bonds is 3. The summed E-state index contributed by atoms with van der Waals surface area (Å²) in [6.07, 6.45) is 0. The zero-order valence-corrected chi connectivity index (χ0v) is 31.1. The van der Waals surface area contributed by atoms with Crippen LogP contribution in [-0.2, 0) is 5.41 Å². The summed E-state index contributed by atoms with van der Waals surface area (Å²) in [6.45, 7) is 4.68. The Labute approximate surface area is 318 Å². The van der Waals surface area contributed by atoms with Crippen LogP contribution in [0.1, 0.15) is 25.0 Å². The molecule has 4 heterocycles. The minimum Gasteiger partial charge on any atom is -0.278 e. The van der Waals surface area contributed by atoms with Crippen LogP contribution in [0, 0.1) is 0 Å². The first-order chi connectivity index (χ1) is 26.5. The maximum atomic E-state index is 5.45. The minimum absolute atomic E-state index is 0.150. The van der Waals surface area contributed by atoms with Crippen LogP contribution in [-0.4, -0.2) is 19.5 Å². The molecule has 6 heteroatoms. The lowest BCUT2D eigenvalue weighted by atomic mass is 9.82. The Balaban J connectivity index is 1.20. The summed E-state index contributed by atoms with van der Waals surface area (Å²) in [5.41, 5.74) is 9.34. The van der Waals surface area contributed by atoms with E-state index < -0.39 is 0 Å². The van der Waals surface area contributed by atoms with Gasteiger partial charge in [0.1, 0.15) is 0 Å². The molecule has 0 amide bonds. The Bertz CT molecular complexity index is 3380. The van der Waals surface area contributed by atoms with Crippen molar-refractivity contribution in [1.82, 2.24) is 19.5 Å². The van der Waals surface area contributed by atoms with Crippen molar-refractivity contribution in [2.75, 3.05) is 0 Å². The van der Waals surface area contributed by atoms with Crippen LogP contribution in [0.15, 0.2) is 146 Å². The lowest BCUT2D eigenvalue weighted by molar-refractivity contribution is 0.661. The Hall–Kier alpha value is -6.21. The van der Waals surface area contributed by atoms with Crippen molar-refractivity contribution in [2.24, 2.45) is 0 Å². The van der Waals surface area contributed by atoms with Crippen molar-refractivity contribution in [3.05, 3.63) is 157 Å². The number of benzene rings is 7. The quantitative estimate of drug-likeness (QED) is 0.182. The molecule has 0 N–H and O–H groups in total. The first kappa shape index (κ1) is 30.3. The van der Waals surface area contributed by atoms with Crippen molar-refractivity contribution in [3.8, 4) is 39.9 Å². The Morgan fingerprint density at radius 3 is 1.94 bits per heavy atom. The van der Waals surface area contributed by atoms with E-state index in [9.17, 15) is 0 Å². The zero-order chi connectivity index (χ0) is 35.7. The van der Waals surface area contributed by atoms with E-state index in [0.717, 1.165) is 22.2 Å². The van der Waals surface area contributed by atoms with E-state index in [1.807, 2.05) is 11.3 Å². The molecule has 254 valence electrons. The molecule has 0 saturated carbocycles. The molecule has 12 rings (SSSR count). The highest BCUT2D eigenvalue weighted by atomic mass is 32.1. The van der Waals surface area contributed by atoms with Gasteiger partial charge >= 0.3 is 0 Å². The second-order valence-corrected chi connectivity index (χ2v) is 16.9. The smallest absolute Gasteiger partial charge is 0.238 e. The average molecular weight is 727 g/mol. The van der Waals surface area contributed by atoms with Crippen LogP contribution in [0.4, 0.5) is 0 Å². The summed E-state index contributed by atoms with van der Waals surface area (Å²) in [7, 11) is 0. The van der Waals surface area contributed by atoms with Crippen molar-refractivity contribution in [1.29, 1.82) is 0 Å². The molecule has 54 heavy (non-hydrogen) atoms. The van der Waals surface area contributed by atoms with E-state index >= 15 is 0 Å². The topological polar surface area (TPSA) is 43.6 Å². The molecule has 0 saturated heterocycles. The van der Waals surface area contributed by atoms with Gasteiger partial charge in [-0.1, -0.05) is 117 Å². The Morgan fingerprint density at radius 1 is 0.444 bits per heavy atom. The maximum absolute atomic E-state index is 5.45. The largest absolute Gasteiger partial charge is 0.278 e. The van der Waals surface area contributed by atoms with Crippen LogP contribution in [0.25, 0.3) is 102 Å². The van der Waals surface area contributed by atoms with Crippen molar-refractivity contribution < 1.29 is 0 Å². The molecule has 0 radical (unpaired) electrons. The van der Waals surface area contributed by atoms with Gasteiger partial charge in [-0.05, 0) is 64.7 Å². The van der Waals surface area contributed by atoms with Gasteiger partial charge in [-0.2, -0.15) is 9.97 Å². The van der Waals surface area contributed by atoms with Gasteiger partial charge in [-0.3, -0.25) is 4.57 Å². The van der Waals surface area contributed by atoms with E-state index in [0.29, 0.717) is 17.6 Å². The van der Waals surface area contributed by atoms with Crippen LogP contribution in [0.3, 0.4) is 0 Å². The van der Waals surface area contributed by atoms with Gasteiger partial charge in [0, 0.05) is 67.7 Å². The summed E-state index contributed by atoms with van der Waals surface area (Å²) in [5, 5.41) is 7.25. The van der Waals surface area contributed by atoms with E-state index in [1.54, 1.807) is 11.3 Å². The second kappa shape index (κ2) is 10.9. The monoisotopic (exact) mass is 726 g/mol. The second-order valence-electron chi connectivity index (χ2n) is 14.8. The van der Waals surface area contributed by atoms with Gasteiger partial charge in [0.25, 0.3) is 0 Å². The van der Waals surface area contributed by atoms with E-state index in [4.69, 9.17) is 15.0 Å². The van der Waals surface area contributed by atoms with Gasteiger partial charge in [0.2, 0.25) is 5.95 Å². The number of hydrogen-bond acceptors (Lipinski definition) is 5. The third-order valence-electron chi connectivity index (χ3n) is 11.5. The highest BCUT2D eigenvalue weighted by Gasteiger charge is 2.36. The van der Waals surface area contributed by atoms with Gasteiger partial charge in [0.05, 0.1) is 11.0 Å². The third kappa shape index (κ3) is 4.09. The fourth-order valence-electron chi connectivity index (χ4n) is 8.97. The molecule has 7 aromatic carbocycles. The molecule has 1 aliphatic carbocycles.